The van der Waals surface area contributed by atoms with Gasteiger partial charge in [0.05, 0.1) is 12.7 Å². The second-order valence-electron chi connectivity index (χ2n) is 8.30. The van der Waals surface area contributed by atoms with Crippen LogP contribution in [0.2, 0.25) is 0 Å². The van der Waals surface area contributed by atoms with Gasteiger partial charge in [-0.25, -0.2) is 0 Å². The first kappa shape index (κ1) is 23.4. The predicted molar refractivity (Wildman–Crippen MR) is 108 cm³/mol. The van der Waals surface area contributed by atoms with Crippen molar-refractivity contribution in [3.8, 4) is 0 Å². The number of aliphatic hydroxyl groups excluding tert-OH is 1. The van der Waals surface area contributed by atoms with Gasteiger partial charge < -0.3 is 15.2 Å². The Hall–Kier alpha value is -0.610. The summed E-state index contributed by atoms with van der Waals surface area (Å²) >= 11 is 0. The second kappa shape index (κ2) is 13.5. The van der Waals surface area contributed by atoms with Crippen LogP contribution in [-0.2, 0) is 9.53 Å². The Bertz CT molecular complexity index is 374. The molecular formula is C22H43NO3. The normalized spacial score (nSPS) is 23.0. The molecular weight excluding hydrogens is 326 g/mol. The van der Waals surface area contributed by atoms with Crippen molar-refractivity contribution in [2.24, 2.45) is 0 Å². The van der Waals surface area contributed by atoms with Gasteiger partial charge in [0.15, 0.2) is 5.60 Å². The van der Waals surface area contributed by atoms with E-state index in [1.807, 2.05) is 6.92 Å². The molecule has 0 spiro atoms. The van der Waals surface area contributed by atoms with Gasteiger partial charge in [0.2, 0.25) is 0 Å². The summed E-state index contributed by atoms with van der Waals surface area (Å²) in [5.41, 5.74) is -0.666. The van der Waals surface area contributed by atoms with Gasteiger partial charge in [0.1, 0.15) is 0 Å². The lowest BCUT2D eigenvalue weighted by molar-refractivity contribution is -0.126. The zero-order chi connectivity index (χ0) is 19.3. The number of epoxide rings is 1. The number of nitrogens with one attached hydrogen (secondary N) is 1. The lowest BCUT2D eigenvalue weighted by Gasteiger charge is -2.13. The minimum atomic E-state index is -0.666. The third-order valence-corrected chi connectivity index (χ3v) is 5.62. The minimum Gasteiger partial charge on any atom is -0.394 e. The fraction of sp³-hybridized carbons (Fsp3) is 0.955. The quantitative estimate of drug-likeness (QED) is 0.276. The number of aliphatic hydroxyl groups is 1. The van der Waals surface area contributed by atoms with Crippen LogP contribution in [0.5, 0.6) is 0 Å². The van der Waals surface area contributed by atoms with E-state index in [-0.39, 0.29) is 24.7 Å². The Morgan fingerprint density at radius 2 is 1.42 bits per heavy atom. The first-order valence-corrected chi connectivity index (χ1v) is 11.1. The number of carbonyl (C=O) groups excluding carboxylic acids is 1. The first-order valence-electron chi connectivity index (χ1n) is 11.1. The summed E-state index contributed by atoms with van der Waals surface area (Å²) in [7, 11) is 0. The molecule has 0 unspecified atom stereocenters. The van der Waals surface area contributed by atoms with E-state index in [1.54, 1.807) is 6.92 Å². The molecule has 1 fully saturated rings. The molecule has 26 heavy (non-hydrogen) atoms. The Morgan fingerprint density at radius 1 is 0.962 bits per heavy atom. The van der Waals surface area contributed by atoms with Crippen molar-refractivity contribution in [3.05, 3.63) is 0 Å². The van der Waals surface area contributed by atoms with Crippen LogP contribution in [0.4, 0.5) is 0 Å². The molecule has 154 valence electrons. The molecule has 2 N–H and O–H groups in total. The molecule has 1 saturated heterocycles. The fourth-order valence-corrected chi connectivity index (χ4v) is 3.56. The average Bonchev–Trinajstić information content (AvgIpc) is 3.30. The van der Waals surface area contributed by atoms with Crippen LogP contribution < -0.4 is 5.32 Å². The topological polar surface area (TPSA) is 61.9 Å². The van der Waals surface area contributed by atoms with Crippen LogP contribution in [-0.4, -0.2) is 35.4 Å². The summed E-state index contributed by atoms with van der Waals surface area (Å²) in [6.07, 6.45) is 18.6. The van der Waals surface area contributed by atoms with Gasteiger partial charge in [-0.3, -0.25) is 4.79 Å². The summed E-state index contributed by atoms with van der Waals surface area (Å²) < 4.78 is 5.63. The minimum absolute atomic E-state index is 0.0364. The summed E-state index contributed by atoms with van der Waals surface area (Å²) in [6, 6.07) is -0.208. The summed E-state index contributed by atoms with van der Waals surface area (Å²) in [6.45, 7) is 5.89. The van der Waals surface area contributed by atoms with Gasteiger partial charge in [-0.1, -0.05) is 90.4 Å². The maximum absolute atomic E-state index is 12.1. The highest BCUT2D eigenvalue weighted by molar-refractivity contribution is 5.88. The lowest BCUT2D eigenvalue weighted by Crippen LogP contribution is -2.43. The molecule has 1 aliphatic heterocycles. The largest absolute Gasteiger partial charge is 0.394 e. The van der Waals surface area contributed by atoms with E-state index in [0.29, 0.717) is 0 Å². The standard InChI is InChI=1S/C22H43NO3/c1-4-5-6-7-8-9-10-11-12-13-14-15-16-17-20-22(3,26-20)21(25)23-19(2)18-24/h19-20,24H,4-18H2,1-3H3,(H,23,25)/t19-,20+,22-/m0/s1. The van der Waals surface area contributed by atoms with Crippen LogP contribution in [0.25, 0.3) is 0 Å². The van der Waals surface area contributed by atoms with Crippen molar-refractivity contribution in [3.63, 3.8) is 0 Å². The third-order valence-electron chi connectivity index (χ3n) is 5.62. The number of unbranched alkanes of at least 4 members (excludes halogenated alkanes) is 12. The molecule has 1 rings (SSSR count). The van der Waals surface area contributed by atoms with Gasteiger partial charge in [-0.2, -0.15) is 0 Å². The van der Waals surface area contributed by atoms with Crippen molar-refractivity contribution >= 4 is 5.91 Å². The molecule has 1 amide bonds. The summed E-state index contributed by atoms with van der Waals surface area (Å²) in [4.78, 5) is 12.1. The summed E-state index contributed by atoms with van der Waals surface area (Å²) in [5, 5.41) is 11.8. The van der Waals surface area contributed by atoms with Crippen molar-refractivity contribution < 1.29 is 14.6 Å². The van der Waals surface area contributed by atoms with E-state index >= 15 is 0 Å². The molecule has 4 heteroatoms. The molecule has 0 aromatic rings. The first-order chi connectivity index (χ1) is 12.5. The Kier molecular flexibility index (Phi) is 12.2. The van der Waals surface area contributed by atoms with Gasteiger partial charge in [0.25, 0.3) is 5.91 Å². The molecule has 0 bridgehead atoms. The number of carbonyl (C=O) groups is 1. The molecule has 0 saturated carbocycles. The van der Waals surface area contributed by atoms with Crippen molar-refractivity contribution in [1.82, 2.24) is 5.32 Å². The SMILES string of the molecule is CCCCCCCCCCCCCCC[C@H]1O[C@]1(C)C(=O)N[C@@H](C)CO. The van der Waals surface area contributed by atoms with Crippen LogP contribution in [0.1, 0.15) is 111 Å². The summed E-state index contributed by atoms with van der Waals surface area (Å²) in [5.74, 6) is -0.0845. The van der Waals surface area contributed by atoms with Crippen molar-refractivity contribution in [1.29, 1.82) is 0 Å². The fourth-order valence-electron chi connectivity index (χ4n) is 3.56. The molecule has 1 heterocycles. The number of hydrogen-bond donors (Lipinski definition) is 2. The number of rotatable bonds is 17. The van der Waals surface area contributed by atoms with E-state index in [9.17, 15) is 4.79 Å². The Morgan fingerprint density at radius 3 is 1.88 bits per heavy atom. The van der Waals surface area contributed by atoms with Gasteiger partial charge >= 0.3 is 0 Å². The zero-order valence-electron chi connectivity index (χ0n) is 17.5. The van der Waals surface area contributed by atoms with E-state index < -0.39 is 5.60 Å². The van der Waals surface area contributed by atoms with Crippen LogP contribution in [0.3, 0.4) is 0 Å². The second-order valence-corrected chi connectivity index (χ2v) is 8.30. The lowest BCUT2D eigenvalue weighted by atomic mass is 10.00. The van der Waals surface area contributed by atoms with Crippen molar-refractivity contribution in [2.75, 3.05) is 6.61 Å². The van der Waals surface area contributed by atoms with E-state index in [2.05, 4.69) is 12.2 Å². The van der Waals surface area contributed by atoms with Crippen molar-refractivity contribution in [2.45, 2.75) is 128 Å². The van der Waals surface area contributed by atoms with E-state index in [0.717, 1.165) is 12.8 Å². The molecule has 1 aliphatic rings. The van der Waals surface area contributed by atoms with Gasteiger partial charge in [-0.15, -0.1) is 0 Å². The molecule has 4 nitrogen and oxygen atoms in total. The Labute approximate surface area is 161 Å². The third kappa shape index (κ3) is 9.36. The molecule has 0 aromatic carbocycles. The molecule has 0 aromatic heterocycles. The maximum Gasteiger partial charge on any atom is 0.254 e. The van der Waals surface area contributed by atoms with Gasteiger partial charge in [0, 0.05) is 6.04 Å². The molecule has 3 atom stereocenters. The Balaban J connectivity index is 1.88. The van der Waals surface area contributed by atoms with Crippen LogP contribution >= 0.6 is 0 Å². The zero-order valence-corrected chi connectivity index (χ0v) is 17.5. The number of hydrogen-bond acceptors (Lipinski definition) is 3. The smallest absolute Gasteiger partial charge is 0.254 e. The monoisotopic (exact) mass is 369 g/mol. The van der Waals surface area contributed by atoms with Crippen LogP contribution in [0.15, 0.2) is 0 Å². The number of amides is 1. The highest BCUT2D eigenvalue weighted by Crippen LogP contribution is 2.39. The maximum atomic E-state index is 12.1. The number of ether oxygens (including phenoxy) is 1. The predicted octanol–water partition coefficient (Wildman–Crippen LogP) is 5.12. The molecule has 0 radical (unpaired) electrons. The van der Waals surface area contributed by atoms with E-state index in [1.165, 1.54) is 77.0 Å². The molecule has 0 aliphatic carbocycles. The highest BCUT2D eigenvalue weighted by Gasteiger charge is 2.57. The van der Waals surface area contributed by atoms with Crippen LogP contribution in [0, 0.1) is 0 Å². The van der Waals surface area contributed by atoms with E-state index in [4.69, 9.17) is 9.84 Å². The van der Waals surface area contributed by atoms with Gasteiger partial charge in [-0.05, 0) is 20.3 Å². The average molecular weight is 370 g/mol. The highest BCUT2D eigenvalue weighted by atomic mass is 16.6.